The minimum atomic E-state index is -0.368. The van der Waals surface area contributed by atoms with Gasteiger partial charge in [-0.25, -0.2) is 9.37 Å². The van der Waals surface area contributed by atoms with Gasteiger partial charge in [0.1, 0.15) is 11.5 Å². The van der Waals surface area contributed by atoms with Crippen molar-refractivity contribution in [1.82, 2.24) is 24.7 Å². The topological polar surface area (TPSA) is 86.7 Å². The summed E-state index contributed by atoms with van der Waals surface area (Å²) in [5.41, 5.74) is 1.17. The lowest BCUT2D eigenvalue weighted by molar-refractivity contribution is 0.431. The first-order valence-corrected chi connectivity index (χ1v) is 7.75. The molecule has 0 N–H and O–H groups in total. The predicted octanol–water partition coefficient (Wildman–Crippen LogP) is 2.54. The molecule has 0 fully saturated rings. The van der Waals surface area contributed by atoms with Gasteiger partial charge >= 0.3 is 0 Å². The van der Waals surface area contributed by atoms with Gasteiger partial charge in [-0.15, -0.1) is 0 Å². The summed E-state index contributed by atoms with van der Waals surface area (Å²) in [7, 11) is 0. The molecule has 3 heterocycles. The molecule has 0 spiro atoms. The maximum absolute atomic E-state index is 13.9. The number of nitrogens with zero attached hydrogens (tertiary/aromatic N) is 5. The molecule has 7 nitrogen and oxygen atoms in total. The first-order valence-electron chi connectivity index (χ1n) is 7.75. The van der Waals surface area contributed by atoms with E-state index in [-0.39, 0.29) is 23.8 Å². The summed E-state index contributed by atoms with van der Waals surface area (Å²) in [6.07, 6.45) is 6.15. The molecule has 4 aromatic rings. The molecule has 0 atom stereocenters. The van der Waals surface area contributed by atoms with Crippen molar-refractivity contribution in [3.8, 4) is 23.0 Å². The number of halogens is 1. The second kappa shape index (κ2) is 6.67. The maximum Gasteiger partial charge on any atom is 0.259 e. The first kappa shape index (κ1) is 15.8. The molecule has 26 heavy (non-hydrogen) atoms. The van der Waals surface area contributed by atoms with Crippen LogP contribution in [0.2, 0.25) is 0 Å². The van der Waals surface area contributed by atoms with Crippen LogP contribution in [-0.2, 0) is 6.54 Å². The molecule has 4 rings (SSSR count). The standard InChI is InChI=1S/C18H12FN5O2/c19-14-4-2-1-3-12(14)10-24-11-13(5-6-16(24)25)18-22-17(23-26-18)15-9-20-7-8-21-15/h1-9,11H,10H2. The van der Waals surface area contributed by atoms with Crippen molar-refractivity contribution in [1.29, 1.82) is 0 Å². The van der Waals surface area contributed by atoms with Crippen molar-refractivity contribution in [2.75, 3.05) is 0 Å². The second-order valence-corrected chi connectivity index (χ2v) is 5.49. The lowest BCUT2D eigenvalue weighted by Gasteiger charge is -2.07. The van der Waals surface area contributed by atoms with Crippen LogP contribution in [0.25, 0.3) is 23.0 Å². The molecule has 8 heteroatoms. The fourth-order valence-corrected chi connectivity index (χ4v) is 2.45. The third-order valence-electron chi connectivity index (χ3n) is 3.75. The lowest BCUT2D eigenvalue weighted by atomic mass is 10.2. The highest BCUT2D eigenvalue weighted by Gasteiger charge is 2.13. The largest absolute Gasteiger partial charge is 0.333 e. The van der Waals surface area contributed by atoms with Gasteiger partial charge in [-0.05, 0) is 12.1 Å². The summed E-state index contributed by atoms with van der Waals surface area (Å²) >= 11 is 0. The molecule has 0 unspecified atom stereocenters. The normalized spacial score (nSPS) is 10.8. The van der Waals surface area contributed by atoms with Crippen LogP contribution < -0.4 is 5.56 Å². The summed E-state index contributed by atoms with van der Waals surface area (Å²) in [5, 5.41) is 3.88. The van der Waals surface area contributed by atoms with Gasteiger partial charge in [-0.1, -0.05) is 23.4 Å². The van der Waals surface area contributed by atoms with Gasteiger partial charge in [0.25, 0.3) is 11.4 Å². The van der Waals surface area contributed by atoms with E-state index in [9.17, 15) is 9.18 Å². The van der Waals surface area contributed by atoms with E-state index in [4.69, 9.17) is 4.52 Å². The van der Waals surface area contributed by atoms with E-state index in [0.717, 1.165) is 0 Å². The van der Waals surface area contributed by atoms with Crippen LogP contribution in [0, 0.1) is 5.82 Å². The van der Waals surface area contributed by atoms with Crippen LogP contribution in [0.3, 0.4) is 0 Å². The molecule has 0 bridgehead atoms. The van der Waals surface area contributed by atoms with Gasteiger partial charge in [-0.3, -0.25) is 9.78 Å². The molecular weight excluding hydrogens is 337 g/mol. The Hall–Kier alpha value is -3.68. The van der Waals surface area contributed by atoms with Crippen LogP contribution in [0.15, 0.2) is 70.5 Å². The van der Waals surface area contributed by atoms with Crippen molar-refractivity contribution < 1.29 is 8.91 Å². The van der Waals surface area contributed by atoms with Gasteiger partial charge in [0, 0.05) is 30.2 Å². The second-order valence-electron chi connectivity index (χ2n) is 5.49. The van der Waals surface area contributed by atoms with Crippen molar-refractivity contribution in [3.05, 3.63) is 82.9 Å². The molecule has 0 saturated heterocycles. The van der Waals surface area contributed by atoms with Crippen LogP contribution in [0.4, 0.5) is 4.39 Å². The van der Waals surface area contributed by atoms with E-state index in [0.29, 0.717) is 22.6 Å². The number of benzene rings is 1. The molecule has 128 valence electrons. The first-order chi connectivity index (χ1) is 12.7. The van der Waals surface area contributed by atoms with Crippen molar-refractivity contribution in [3.63, 3.8) is 0 Å². The van der Waals surface area contributed by atoms with Gasteiger partial charge in [0.2, 0.25) is 5.82 Å². The zero-order chi connectivity index (χ0) is 17.9. The van der Waals surface area contributed by atoms with E-state index in [1.807, 2.05) is 0 Å². The van der Waals surface area contributed by atoms with Crippen LogP contribution in [-0.4, -0.2) is 24.7 Å². The maximum atomic E-state index is 13.9. The van der Waals surface area contributed by atoms with Gasteiger partial charge in [0.05, 0.1) is 18.3 Å². The zero-order valence-corrected chi connectivity index (χ0v) is 13.4. The van der Waals surface area contributed by atoms with E-state index in [1.165, 1.54) is 29.1 Å². The third-order valence-corrected chi connectivity index (χ3v) is 3.75. The Morgan fingerprint density at radius 2 is 2.00 bits per heavy atom. The fraction of sp³-hybridized carbons (Fsp3) is 0.0556. The Labute approximate surface area is 146 Å². The average Bonchev–Trinajstić information content (AvgIpc) is 3.16. The van der Waals surface area contributed by atoms with E-state index in [2.05, 4.69) is 20.1 Å². The molecule has 0 radical (unpaired) electrons. The highest BCUT2D eigenvalue weighted by Crippen LogP contribution is 2.20. The van der Waals surface area contributed by atoms with Crippen molar-refractivity contribution in [2.45, 2.75) is 6.54 Å². The van der Waals surface area contributed by atoms with Crippen molar-refractivity contribution >= 4 is 0 Å². The minimum Gasteiger partial charge on any atom is -0.333 e. The molecule has 0 amide bonds. The zero-order valence-electron chi connectivity index (χ0n) is 13.4. The summed E-state index contributed by atoms with van der Waals surface area (Å²) in [4.78, 5) is 24.4. The average molecular weight is 349 g/mol. The number of rotatable bonds is 4. The summed E-state index contributed by atoms with van der Waals surface area (Å²) in [6, 6.07) is 9.27. The molecule has 0 aliphatic carbocycles. The highest BCUT2D eigenvalue weighted by atomic mass is 19.1. The Morgan fingerprint density at radius 3 is 2.81 bits per heavy atom. The smallest absolute Gasteiger partial charge is 0.259 e. The fourth-order valence-electron chi connectivity index (χ4n) is 2.45. The number of aromatic nitrogens is 5. The Balaban J connectivity index is 1.67. The van der Waals surface area contributed by atoms with Crippen LogP contribution in [0.1, 0.15) is 5.56 Å². The number of hydrogen-bond acceptors (Lipinski definition) is 6. The van der Waals surface area contributed by atoms with E-state index < -0.39 is 0 Å². The molecular formula is C18H12FN5O2. The van der Waals surface area contributed by atoms with Gasteiger partial charge in [-0.2, -0.15) is 4.98 Å². The summed E-state index contributed by atoms with van der Waals surface area (Å²) in [5.74, 6) is 0.153. The van der Waals surface area contributed by atoms with Crippen LogP contribution >= 0.6 is 0 Å². The quantitative estimate of drug-likeness (QED) is 0.563. The Kier molecular flexibility index (Phi) is 4.06. The Morgan fingerprint density at radius 1 is 1.12 bits per heavy atom. The summed E-state index contributed by atoms with van der Waals surface area (Å²) < 4.78 is 20.5. The van der Waals surface area contributed by atoms with Crippen molar-refractivity contribution in [2.24, 2.45) is 0 Å². The van der Waals surface area contributed by atoms with Gasteiger partial charge < -0.3 is 9.09 Å². The molecule has 0 aliphatic rings. The Bertz CT molecular complexity index is 1110. The molecule has 0 saturated carbocycles. The lowest BCUT2D eigenvalue weighted by Crippen LogP contribution is -2.19. The molecule has 0 aliphatic heterocycles. The van der Waals surface area contributed by atoms with Crippen LogP contribution in [0.5, 0.6) is 0 Å². The molecule has 1 aromatic carbocycles. The van der Waals surface area contributed by atoms with E-state index in [1.54, 1.807) is 36.7 Å². The predicted molar refractivity (Wildman–Crippen MR) is 90.5 cm³/mol. The monoisotopic (exact) mass is 349 g/mol. The molecule has 3 aromatic heterocycles. The minimum absolute atomic E-state index is 0.102. The van der Waals surface area contributed by atoms with E-state index >= 15 is 0 Å². The SMILES string of the molecule is O=c1ccc(-c2nc(-c3cnccn3)no2)cn1Cc1ccccc1F. The summed E-state index contributed by atoms with van der Waals surface area (Å²) in [6.45, 7) is 0.102. The third kappa shape index (κ3) is 3.12. The number of pyridine rings is 1. The highest BCUT2D eigenvalue weighted by molar-refractivity contribution is 5.55. The number of hydrogen-bond donors (Lipinski definition) is 0. The van der Waals surface area contributed by atoms with Gasteiger partial charge in [0.15, 0.2) is 0 Å².